The van der Waals surface area contributed by atoms with Crippen LogP contribution in [0.2, 0.25) is 0 Å². The van der Waals surface area contributed by atoms with Crippen LogP contribution in [0.25, 0.3) is 0 Å². The number of hydrogen-bond acceptors (Lipinski definition) is 4. The molecule has 0 saturated carbocycles. The standard InChI is InChI=1S/C15H19BrN2O2/c1-10-7-12(5-6-13(10)16)20-14-18-11(9-19-14)8-17-15(2,3)4/h5-7,9,17H,8H2,1-4H3. The molecule has 1 N–H and O–H groups in total. The van der Waals surface area contributed by atoms with Crippen molar-refractivity contribution in [3.8, 4) is 11.8 Å². The molecule has 0 aliphatic heterocycles. The summed E-state index contributed by atoms with van der Waals surface area (Å²) in [7, 11) is 0. The van der Waals surface area contributed by atoms with E-state index in [1.165, 1.54) is 0 Å². The Balaban J connectivity index is 2.00. The number of nitrogens with one attached hydrogen (secondary N) is 1. The number of rotatable bonds is 4. The largest absolute Gasteiger partial charge is 0.417 e. The maximum atomic E-state index is 5.60. The maximum absolute atomic E-state index is 5.60. The van der Waals surface area contributed by atoms with Gasteiger partial charge in [-0.2, -0.15) is 4.98 Å². The molecule has 4 nitrogen and oxygen atoms in total. The maximum Gasteiger partial charge on any atom is 0.399 e. The van der Waals surface area contributed by atoms with Crippen LogP contribution in [0.3, 0.4) is 0 Å². The fourth-order valence-electron chi connectivity index (χ4n) is 1.55. The van der Waals surface area contributed by atoms with Crippen molar-refractivity contribution >= 4 is 15.9 Å². The van der Waals surface area contributed by atoms with E-state index in [1.807, 2.05) is 25.1 Å². The minimum atomic E-state index is 0.0444. The molecule has 0 aliphatic rings. The number of hydrogen-bond donors (Lipinski definition) is 1. The minimum Gasteiger partial charge on any atom is -0.417 e. The number of halogens is 1. The smallest absolute Gasteiger partial charge is 0.399 e. The molecule has 5 heteroatoms. The third-order valence-electron chi connectivity index (χ3n) is 2.67. The molecule has 0 atom stereocenters. The first kappa shape index (κ1) is 15.1. The Hall–Kier alpha value is -1.33. The zero-order chi connectivity index (χ0) is 14.8. The van der Waals surface area contributed by atoms with Crippen LogP contribution >= 0.6 is 15.9 Å². The Labute approximate surface area is 127 Å². The third kappa shape index (κ3) is 4.35. The molecular weight excluding hydrogens is 320 g/mol. The number of oxazole rings is 1. The molecule has 0 spiro atoms. The Morgan fingerprint density at radius 3 is 2.75 bits per heavy atom. The first-order valence-electron chi connectivity index (χ1n) is 6.47. The molecule has 1 aromatic carbocycles. The summed E-state index contributed by atoms with van der Waals surface area (Å²) in [5.74, 6) is 0.711. The summed E-state index contributed by atoms with van der Waals surface area (Å²) in [5.41, 5.74) is 1.97. The molecule has 0 amide bonds. The van der Waals surface area contributed by atoms with Crippen molar-refractivity contribution in [3.05, 3.63) is 40.2 Å². The highest BCUT2D eigenvalue weighted by Gasteiger charge is 2.12. The van der Waals surface area contributed by atoms with Crippen molar-refractivity contribution in [2.45, 2.75) is 39.8 Å². The molecule has 0 saturated heterocycles. The van der Waals surface area contributed by atoms with Crippen molar-refractivity contribution in [2.75, 3.05) is 0 Å². The zero-order valence-electron chi connectivity index (χ0n) is 12.2. The molecule has 1 heterocycles. The normalized spacial score (nSPS) is 11.7. The van der Waals surface area contributed by atoms with Gasteiger partial charge in [-0.15, -0.1) is 0 Å². The fourth-order valence-corrected chi connectivity index (χ4v) is 1.80. The second-order valence-corrected chi connectivity index (χ2v) is 6.58. The molecule has 20 heavy (non-hydrogen) atoms. The van der Waals surface area contributed by atoms with Gasteiger partial charge in [-0.1, -0.05) is 15.9 Å². The van der Waals surface area contributed by atoms with Gasteiger partial charge in [0.25, 0.3) is 0 Å². The second kappa shape index (κ2) is 5.97. The van der Waals surface area contributed by atoms with Gasteiger partial charge in [0.1, 0.15) is 12.0 Å². The summed E-state index contributed by atoms with van der Waals surface area (Å²) < 4.78 is 12.0. The highest BCUT2D eigenvalue weighted by atomic mass is 79.9. The first-order valence-corrected chi connectivity index (χ1v) is 7.26. The molecule has 0 fully saturated rings. The predicted molar refractivity (Wildman–Crippen MR) is 82.0 cm³/mol. The van der Waals surface area contributed by atoms with Crippen molar-refractivity contribution in [1.29, 1.82) is 0 Å². The van der Waals surface area contributed by atoms with E-state index in [0.29, 0.717) is 12.3 Å². The molecule has 2 aromatic rings. The van der Waals surface area contributed by atoms with Gasteiger partial charge in [0, 0.05) is 16.6 Å². The average molecular weight is 339 g/mol. The van der Waals surface area contributed by atoms with Gasteiger partial charge in [0.05, 0.1) is 5.69 Å². The lowest BCUT2D eigenvalue weighted by atomic mass is 10.1. The highest BCUT2D eigenvalue weighted by Crippen LogP contribution is 2.25. The zero-order valence-corrected chi connectivity index (χ0v) is 13.7. The monoisotopic (exact) mass is 338 g/mol. The third-order valence-corrected chi connectivity index (χ3v) is 3.55. The van der Waals surface area contributed by atoms with Gasteiger partial charge < -0.3 is 14.5 Å². The lowest BCUT2D eigenvalue weighted by Crippen LogP contribution is -2.35. The quantitative estimate of drug-likeness (QED) is 0.895. The van der Waals surface area contributed by atoms with E-state index >= 15 is 0 Å². The van der Waals surface area contributed by atoms with E-state index in [9.17, 15) is 0 Å². The summed E-state index contributed by atoms with van der Waals surface area (Å²) in [6.07, 6.45) is 1.87. The number of nitrogens with zero attached hydrogens (tertiary/aromatic N) is 1. The van der Waals surface area contributed by atoms with Crippen LogP contribution in [0.1, 0.15) is 32.0 Å². The van der Waals surface area contributed by atoms with Gasteiger partial charge in [0.15, 0.2) is 0 Å². The molecule has 0 aliphatic carbocycles. The van der Waals surface area contributed by atoms with E-state index in [2.05, 4.69) is 47.0 Å². The van der Waals surface area contributed by atoms with Gasteiger partial charge in [-0.25, -0.2) is 0 Å². The Kier molecular flexibility index (Phi) is 4.50. The van der Waals surface area contributed by atoms with E-state index in [4.69, 9.17) is 9.15 Å². The van der Waals surface area contributed by atoms with Crippen molar-refractivity contribution in [2.24, 2.45) is 0 Å². The lowest BCUT2D eigenvalue weighted by Gasteiger charge is -2.19. The van der Waals surface area contributed by atoms with Crippen LogP contribution in [0.5, 0.6) is 11.8 Å². The molecule has 0 radical (unpaired) electrons. The lowest BCUT2D eigenvalue weighted by molar-refractivity contribution is 0.330. The van der Waals surface area contributed by atoms with Crippen LogP contribution in [-0.2, 0) is 6.54 Å². The van der Waals surface area contributed by atoms with Gasteiger partial charge >= 0.3 is 6.08 Å². The van der Waals surface area contributed by atoms with E-state index in [0.717, 1.165) is 15.7 Å². The summed E-state index contributed by atoms with van der Waals surface area (Å²) >= 11 is 3.46. The summed E-state index contributed by atoms with van der Waals surface area (Å²) in [4.78, 5) is 4.30. The van der Waals surface area contributed by atoms with Gasteiger partial charge in [0.2, 0.25) is 0 Å². The van der Waals surface area contributed by atoms with Gasteiger partial charge in [-0.3, -0.25) is 0 Å². The molecule has 0 bridgehead atoms. The summed E-state index contributed by atoms with van der Waals surface area (Å²) in [6, 6.07) is 5.74. The van der Waals surface area contributed by atoms with E-state index in [1.54, 1.807) is 6.26 Å². The second-order valence-electron chi connectivity index (χ2n) is 5.72. The van der Waals surface area contributed by atoms with E-state index in [-0.39, 0.29) is 11.6 Å². The number of ether oxygens (including phenoxy) is 1. The van der Waals surface area contributed by atoms with Crippen LogP contribution in [0.4, 0.5) is 0 Å². The van der Waals surface area contributed by atoms with Crippen molar-refractivity contribution in [1.82, 2.24) is 10.3 Å². The van der Waals surface area contributed by atoms with Crippen LogP contribution < -0.4 is 10.1 Å². The Bertz CT molecular complexity index is 588. The average Bonchev–Trinajstić information content (AvgIpc) is 2.78. The predicted octanol–water partition coefficient (Wildman–Crippen LogP) is 4.43. The topological polar surface area (TPSA) is 47.3 Å². The number of aromatic nitrogens is 1. The highest BCUT2D eigenvalue weighted by molar-refractivity contribution is 9.10. The van der Waals surface area contributed by atoms with Crippen LogP contribution in [0.15, 0.2) is 33.4 Å². The number of benzene rings is 1. The fraction of sp³-hybridized carbons (Fsp3) is 0.400. The number of aryl methyl sites for hydroxylation is 1. The van der Waals surface area contributed by atoms with Crippen LogP contribution in [0, 0.1) is 6.92 Å². The summed E-state index contributed by atoms with van der Waals surface area (Å²) in [5, 5.41) is 3.35. The Morgan fingerprint density at radius 2 is 2.10 bits per heavy atom. The van der Waals surface area contributed by atoms with Crippen molar-refractivity contribution < 1.29 is 9.15 Å². The molecule has 0 unspecified atom stereocenters. The first-order chi connectivity index (χ1) is 9.33. The molecule has 1 aromatic heterocycles. The Morgan fingerprint density at radius 1 is 1.35 bits per heavy atom. The molecular formula is C15H19BrN2O2. The van der Waals surface area contributed by atoms with Gasteiger partial charge in [-0.05, 0) is 51.5 Å². The molecule has 2 rings (SSSR count). The SMILES string of the molecule is Cc1cc(Oc2nc(CNC(C)(C)C)co2)ccc1Br. The summed E-state index contributed by atoms with van der Waals surface area (Å²) in [6.45, 7) is 8.97. The van der Waals surface area contributed by atoms with Crippen LogP contribution in [-0.4, -0.2) is 10.5 Å². The molecule has 108 valence electrons. The minimum absolute atomic E-state index is 0.0444. The van der Waals surface area contributed by atoms with E-state index < -0.39 is 0 Å². The van der Waals surface area contributed by atoms with Crippen molar-refractivity contribution in [3.63, 3.8) is 0 Å².